The normalized spacial score (nSPS) is 15.6. The van der Waals surface area contributed by atoms with Gasteiger partial charge < -0.3 is 15.0 Å². The van der Waals surface area contributed by atoms with Crippen LogP contribution in [0.2, 0.25) is 0 Å². The number of nitrogens with one attached hydrogen (secondary N) is 1. The molecular formula is C15H26N4O. The van der Waals surface area contributed by atoms with Crippen LogP contribution in [0.3, 0.4) is 0 Å². The topological polar surface area (TPSA) is 50.3 Å². The van der Waals surface area contributed by atoms with Crippen molar-refractivity contribution in [2.45, 2.75) is 52.2 Å². The number of aromatic nitrogens is 2. The quantitative estimate of drug-likeness (QED) is 0.831. The van der Waals surface area contributed by atoms with Gasteiger partial charge in [-0.2, -0.15) is 0 Å². The molecule has 5 heteroatoms. The van der Waals surface area contributed by atoms with Crippen LogP contribution in [0.5, 0.6) is 0 Å². The van der Waals surface area contributed by atoms with Gasteiger partial charge in [0.15, 0.2) is 5.82 Å². The van der Waals surface area contributed by atoms with Crippen LogP contribution in [-0.4, -0.2) is 36.2 Å². The van der Waals surface area contributed by atoms with Crippen molar-refractivity contribution in [3.63, 3.8) is 0 Å². The van der Waals surface area contributed by atoms with Gasteiger partial charge in [0, 0.05) is 32.3 Å². The van der Waals surface area contributed by atoms with E-state index >= 15 is 0 Å². The van der Waals surface area contributed by atoms with Gasteiger partial charge in [-0.15, -0.1) is 0 Å². The molecule has 0 saturated heterocycles. The van der Waals surface area contributed by atoms with Gasteiger partial charge in [-0.1, -0.05) is 12.8 Å². The third kappa shape index (κ3) is 3.60. The molecule has 0 aliphatic heterocycles. The summed E-state index contributed by atoms with van der Waals surface area (Å²) in [7, 11) is 1.89. The van der Waals surface area contributed by atoms with Crippen LogP contribution in [0.4, 0.5) is 11.6 Å². The zero-order valence-electron chi connectivity index (χ0n) is 12.9. The monoisotopic (exact) mass is 278 g/mol. The number of nitrogens with zero attached hydrogens (tertiary/aromatic N) is 3. The van der Waals surface area contributed by atoms with Crippen molar-refractivity contribution in [1.82, 2.24) is 9.97 Å². The highest BCUT2D eigenvalue weighted by atomic mass is 16.5. The van der Waals surface area contributed by atoms with Crippen LogP contribution in [0.1, 0.15) is 45.4 Å². The van der Waals surface area contributed by atoms with E-state index in [9.17, 15) is 0 Å². The first-order valence-corrected chi connectivity index (χ1v) is 7.68. The van der Waals surface area contributed by atoms with E-state index in [4.69, 9.17) is 4.74 Å². The van der Waals surface area contributed by atoms with Crippen molar-refractivity contribution < 1.29 is 4.74 Å². The number of ether oxygens (including phenoxy) is 1. The Hall–Kier alpha value is -1.36. The standard InChI is InChI=1S/C15H26N4O/c1-4-19(12-8-6-7-9-12)15-10-13(16-3)17-14(18-15)11-20-5-2/h10,12H,4-9,11H2,1-3H3,(H,16,17,18). The fourth-order valence-corrected chi connectivity index (χ4v) is 2.84. The van der Waals surface area contributed by atoms with Crippen molar-refractivity contribution in [2.24, 2.45) is 0 Å². The molecule has 1 aromatic heterocycles. The van der Waals surface area contributed by atoms with Crippen LogP contribution in [-0.2, 0) is 11.3 Å². The van der Waals surface area contributed by atoms with Gasteiger partial charge in [-0.05, 0) is 26.7 Å². The van der Waals surface area contributed by atoms with E-state index in [1.165, 1.54) is 25.7 Å². The number of rotatable bonds is 7. The molecule has 112 valence electrons. The molecule has 20 heavy (non-hydrogen) atoms. The fourth-order valence-electron chi connectivity index (χ4n) is 2.84. The molecular weight excluding hydrogens is 252 g/mol. The van der Waals surface area contributed by atoms with Gasteiger partial charge >= 0.3 is 0 Å². The first-order valence-electron chi connectivity index (χ1n) is 7.68. The molecule has 1 aliphatic carbocycles. The lowest BCUT2D eigenvalue weighted by Gasteiger charge is -2.29. The SMILES string of the molecule is CCOCc1nc(NC)cc(N(CC)C2CCCC2)n1. The Morgan fingerprint density at radius 2 is 2.05 bits per heavy atom. The van der Waals surface area contributed by atoms with Crippen LogP contribution < -0.4 is 10.2 Å². The molecule has 1 aromatic rings. The van der Waals surface area contributed by atoms with E-state index in [0.29, 0.717) is 19.3 Å². The average molecular weight is 278 g/mol. The molecule has 0 unspecified atom stereocenters. The Morgan fingerprint density at radius 1 is 1.30 bits per heavy atom. The van der Waals surface area contributed by atoms with Crippen molar-refractivity contribution in [2.75, 3.05) is 30.4 Å². The molecule has 1 fully saturated rings. The Balaban J connectivity index is 2.22. The molecule has 0 bridgehead atoms. The summed E-state index contributed by atoms with van der Waals surface area (Å²) in [6.07, 6.45) is 5.20. The van der Waals surface area contributed by atoms with Crippen molar-refractivity contribution in [1.29, 1.82) is 0 Å². The summed E-state index contributed by atoms with van der Waals surface area (Å²) in [6.45, 7) is 6.32. The summed E-state index contributed by atoms with van der Waals surface area (Å²) in [6, 6.07) is 2.66. The largest absolute Gasteiger partial charge is 0.374 e. The molecule has 1 saturated carbocycles. The summed E-state index contributed by atoms with van der Waals surface area (Å²) in [5.74, 6) is 2.64. The zero-order valence-corrected chi connectivity index (χ0v) is 12.9. The molecule has 1 aliphatic rings. The molecule has 0 aromatic carbocycles. The number of anilines is 2. The maximum Gasteiger partial charge on any atom is 0.158 e. The Bertz CT molecular complexity index is 418. The van der Waals surface area contributed by atoms with Gasteiger partial charge in [0.25, 0.3) is 0 Å². The fraction of sp³-hybridized carbons (Fsp3) is 0.733. The van der Waals surface area contributed by atoms with E-state index < -0.39 is 0 Å². The highest BCUT2D eigenvalue weighted by Gasteiger charge is 2.23. The Kier molecular flexibility index (Phi) is 5.59. The first kappa shape index (κ1) is 15.0. The lowest BCUT2D eigenvalue weighted by Crippen LogP contribution is -2.34. The van der Waals surface area contributed by atoms with Crippen molar-refractivity contribution >= 4 is 11.6 Å². The summed E-state index contributed by atoms with van der Waals surface area (Å²) in [5, 5.41) is 3.12. The van der Waals surface area contributed by atoms with Gasteiger partial charge in [0.05, 0.1) is 0 Å². The predicted octanol–water partition coefficient (Wildman–Crippen LogP) is 2.82. The minimum absolute atomic E-state index is 0.473. The van der Waals surface area contributed by atoms with E-state index in [1.807, 2.05) is 20.0 Å². The summed E-state index contributed by atoms with van der Waals surface area (Å²) in [5.41, 5.74) is 0. The summed E-state index contributed by atoms with van der Waals surface area (Å²) >= 11 is 0. The molecule has 0 atom stereocenters. The first-order chi connectivity index (χ1) is 9.78. The molecule has 0 amide bonds. The smallest absolute Gasteiger partial charge is 0.158 e. The van der Waals surface area contributed by atoms with Crippen LogP contribution in [0, 0.1) is 0 Å². The zero-order chi connectivity index (χ0) is 14.4. The third-order valence-corrected chi connectivity index (χ3v) is 3.85. The number of hydrogen-bond donors (Lipinski definition) is 1. The highest BCUT2D eigenvalue weighted by Crippen LogP contribution is 2.28. The van der Waals surface area contributed by atoms with Crippen LogP contribution in [0.25, 0.3) is 0 Å². The minimum atomic E-state index is 0.473. The minimum Gasteiger partial charge on any atom is -0.374 e. The van der Waals surface area contributed by atoms with Crippen molar-refractivity contribution in [3.05, 3.63) is 11.9 Å². The lowest BCUT2D eigenvalue weighted by molar-refractivity contribution is 0.128. The molecule has 0 radical (unpaired) electrons. The van der Waals surface area contributed by atoms with E-state index in [0.717, 1.165) is 24.0 Å². The Labute approximate surface area is 121 Å². The second kappa shape index (κ2) is 7.43. The molecule has 1 N–H and O–H groups in total. The van der Waals surface area contributed by atoms with Gasteiger partial charge in [0.1, 0.15) is 18.2 Å². The second-order valence-corrected chi connectivity index (χ2v) is 5.14. The predicted molar refractivity (Wildman–Crippen MR) is 82.2 cm³/mol. The van der Waals surface area contributed by atoms with Crippen LogP contribution in [0.15, 0.2) is 6.07 Å². The maximum absolute atomic E-state index is 5.44. The summed E-state index contributed by atoms with van der Waals surface area (Å²) in [4.78, 5) is 11.6. The van der Waals surface area contributed by atoms with E-state index in [2.05, 4.69) is 27.1 Å². The third-order valence-electron chi connectivity index (χ3n) is 3.85. The summed E-state index contributed by atoms with van der Waals surface area (Å²) < 4.78 is 5.44. The lowest BCUT2D eigenvalue weighted by atomic mass is 10.2. The molecule has 5 nitrogen and oxygen atoms in total. The second-order valence-electron chi connectivity index (χ2n) is 5.14. The molecule has 2 rings (SSSR count). The van der Waals surface area contributed by atoms with Gasteiger partial charge in [-0.3, -0.25) is 0 Å². The van der Waals surface area contributed by atoms with E-state index in [-0.39, 0.29) is 0 Å². The van der Waals surface area contributed by atoms with Gasteiger partial charge in [-0.25, -0.2) is 9.97 Å². The van der Waals surface area contributed by atoms with Gasteiger partial charge in [0.2, 0.25) is 0 Å². The molecule has 1 heterocycles. The Morgan fingerprint density at radius 3 is 2.65 bits per heavy atom. The molecule has 0 spiro atoms. The van der Waals surface area contributed by atoms with Crippen molar-refractivity contribution in [3.8, 4) is 0 Å². The maximum atomic E-state index is 5.44. The average Bonchev–Trinajstić information content (AvgIpc) is 2.99. The highest BCUT2D eigenvalue weighted by molar-refractivity contribution is 5.50. The van der Waals surface area contributed by atoms with Crippen LogP contribution >= 0.6 is 0 Å². The van der Waals surface area contributed by atoms with E-state index in [1.54, 1.807) is 0 Å². The number of hydrogen-bond acceptors (Lipinski definition) is 5.